The van der Waals surface area contributed by atoms with Crippen LogP contribution in [0.3, 0.4) is 0 Å². The minimum absolute atomic E-state index is 0.00151. The Morgan fingerprint density at radius 2 is 2.20 bits per heavy atom. The number of halogens is 2. The third-order valence-corrected chi connectivity index (χ3v) is 4.48. The van der Waals surface area contributed by atoms with Crippen molar-refractivity contribution in [3.05, 3.63) is 57.3 Å². The Hall–Kier alpha value is -2.08. The average Bonchev–Trinajstić information content (AvgIpc) is 2.93. The van der Waals surface area contributed by atoms with Crippen LogP contribution in [-0.4, -0.2) is 18.6 Å². The lowest BCUT2D eigenvalue weighted by Gasteiger charge is -2.13. The summed E-state index contributed by atoms with van der Waals surface area (Å²) < 4.78 is 26.0. The fourth-order valence-electron chi connectivity index (χ4n) is 2.85. The first-order valence-electron chi connectivity index (χ1n) is 8.16. The highest BCUT2D eigenvalue weighted by atomic mass is 79.9. The van der Waals surface area contributed by atoms with E-state index in [2.05, 4.69) is 21.2 Å². The van der Waals surface area contributed by atoms with E-state index in [4.69, 9.17) is 9.47 Å². The van der Waals surface area contributed by atoms with Gasteiger partial charge < -0.3 is 14.8 Å². The van der Waals surface area contributed by atoms with Gasteiger partial charge in [-0.25, -0.2) is 4.39 Å². The van der Waals surface area contributed by atoms with E-state index in [0.29, 0.717) is 16.8 Å². The van der Waals surface area contributed by atoms with E-state index in [9.17, 15) is 9.18 Å². The molecule has 1 heterocycles. The Morgan fingerprint density at radius 3 is 2.96 bits per heavy atom. The van der Waals surface area contributed by atoms with Gasteiger partial charge in [-0.3, -0.25) is 4.79 Å². The number of nitrogens with one attached hydrogen (secondary N) is 1. The van der Waals surface area contributed by atoms with E-state index in [1.54, 1.807) is 6.07 Å². The Bertz CT molecular complexity index is 809. The van der Waals surface area contributed by atoms with E-state index in [0.717, 1.165) is 23.3 Å². The second-order valence-corrected chi connectivity index (χ2v) is 6.86. The molecule has 0 fully saturated rings. The minimum atomic E-state index is -0.558. The summed E-state index contributed by atoms with van der Waals surface area (Å²) in [4.78, 5) is 12.3. The Labute approximate surface area is 154 Å². The number of hydrogen-bond acceptors (Lipinski definition) is 3. The van der Waals surface area contributed by atoms with Crippen LogP contribution in [0.5, 0.6) is 11.5 Å². The number of benzene rings is 2. The van der Waals surface area contributed by atoms with Crippen molar-refractivity contribution in [2.75, 3.05) is 6.61 Å². The zero-order valence-corrected chi connectivity index (χ0v) is 15.7. The molecule has 6 heteroatoms. The average molecular weight is 408 g/mol. The van der Waals surface area contributed by atoms with Crippen molar-refractivity contribution in [2.24, 2.45) is 0 Å². The van der Waals surface area contributed by atoms with Crippen LogP contribution in [0.1, 0.15) is 35.3 Å². The molecule has 2 aromatic rings. The van der Waals surface area contributed by atoms with Crippen LogP contribution in [0.4, 0.5) is 4.39 Å². The molecule has 0 saturated heterocycles. The molecule has 132 valence electrons. The molecule has 1 aliphatic heterocycles. The van der Waals surface area contributed by atoms with E-state index in [-0.39, 0.29) is 18.2 Å². The number of hydrogen-bond donors (Lipinski definition) is 1. The molecule has 1 N–H and O–H groups in total. The predicted molar refractivity (Wildman–Crippen MR) is 96.7 cm³/mol. The first kappa shape index (κ1) is 17.7. The number of ether oxygens (including phenoxy) is 2. The van der Waals surface area contributed by atoms with Crippen molar-refractivity contribution in [1.82, 2.24) is 5.32 Å². The van der Waals surface area contributed by atoms with E-state index in [1.165, 1.54) is 12.1 Å². The van der Waals surface area contributed by atoms with Gasteiger partial charge in [0.25, 0.3) is 5.91 Å². The molecule has 4 nitrogen and oxygen atoms in total. The van der Waals surface area contributed by atoms with Crippen LogP contribution in [-0.2, 0) is 13.0 Å². The summed E-state index contributed by atoms with van der Waals surface area (Å²) in [5, 5.41) is 2.75. The molecule has 1 atom stereocenters. The van der Waals surface area contributed by atoms with E-state index < -0.39 is 11.7 Å². The molecule has 0 radical (unpaired) electrons. The second kappa shape index (κ2) is 7.44. The standard InChI is InChI=1S/C19H19BrFNO3/c1-3-24-17-7-12-6-11(2)25-18(12)8-13(17)10-22-19(23)15-9-14(20)4-5-16(15)21/h4-5,7-9,11H,3,6,10H2,1-2H3,(H,22,23)/t11-/m1/s1. The van der Waals surface area contributed by atoms with Crippen LogP contribution in [0.2, 0.25) is 0 Å². The molecule has 0 aliphatic carbocycles. The summed E-state index contributed by atoms with van der Waals surface area (Å²) in [6.45, 7) is 4.67. The number of rotatable bonds is 5. The summed E-state index contributed by atoms with van der Waals surface area (Å²) >= 11 is 3.25. The first-order valence-corrected chi connectivity index (χ1v) is 8.95. The number of amides is 1. The zero-order chi connectivity index (χ0) is 18.0. The summed E-state index contributed by atoms with van der Waals surface area (Å²) in [6, 6.07) is 8.13. The van der Waals surface area contributed by atoms with Crippen molar-refractivity contribution < 1.29 is 18.7 Å². The molecule has 1 aliphatic rings. The van der Waals surface area contributed by atoms with E-state index >= 15 is 0 Å². The van der Waals surface area contributed by atoms with Gasteiger partial charge in [-0.2, -0.15) is 0 Å². The fraction of sp³-hybridized carbons (Fsp3) is 0.316. The molecule has 0 spiro atoms. The maximum atomic E-state index is 13.8. The van der Waals surface area contributed by atoms with Crippen LogP contribution in [0.25, 0.3) is 0 Å². The zero-order valence-electron chi connectivity index (χ0n) is 14.1. The van der Waals surface area contributed by atoms with Gasteiger partial charge in [0.05, 0.1) is 12.2 Å². The van der Waals surface area contributed by atoms with Crippen LogP contribution < -0.4 is 14.8 Å². The minimum Gasteiger partial charge on any atom is -0.494 e. The quantitative estimate of drug-likeness (QED) is 0.805. The van der Waals surface area contributed by atoms with Crippen molar-refractivity contribution in [3.63, 3.8) is 0 Å². The lowest BCUT2D eigenvalue weighted by atomic mass is 10.1. The molecule has 3 rings (SSSR count). The van der Waals surface area contributed by atoms with Gasteiger partial charge in [-0.05, 0) is 44.2 Å². The lowest BCUT2D eigenvalue weighted by Crippen LogP contribution is -2.24. The molecular formula is C19H19BrFNO3. The highest BCUT2D eigenvalue weighted by Gasteiger charge is 2.22. The van der Waals surface area contributed by atoms with Crippen molar-refractivity contribution in [1.29, 1.82) is 0 Å². The smallest absolute Gasteiger partial charge is 0.254 e. The van der Waals surface area contributed by atoms with Gasteiger partial charge in [0.15, 0.2) is 0 Å². The largest absolute Gasteiger partial charge is 0.494 e. The Kier molecular flexibility index (Phi) is 5.27. The molecule has 2 aromatic carbocycles. The maximum Gasteiger partial charge on any atom is 0.254 e. The topological polar surface area (TPSA) is 47.6 Å². The Balaban J connectivity index is 1.79. The second-order valence-electron chi connectivity index (χ2n) is 5.94. The molecule has 1 amide bonds. The summed E-state index contributed by atoms with van der Waals surface area (Å²) in [5.74, 6) is 0.496. The summed E-state index contributed by atoms with van der Waals surface area (Å²) in [6.07, 6.45) is 0.968. The van der Waals surface area contributed by atoms with Crippen molar-refractivity contribution in [3.8, 4) is 11.5 Å². The molecule has 0 saturated carbocycles. The first-order chi connectivity index (χ1) is 12.0. The van der Waals surface area contributed by atoms with Gasteiger partial charge in [0, 0.05) is 28.6 Å². The monoisotopic (exact) mass is 407 g/mol. The third-order valence-electron chi connectivity index (χ3n) is 3.99. The van der Waals surface area contributed by atoms with Gasteiger partial charge in [-0.15, -0.1) is 0 Å². The Morgan fingerprint density at radius 1 is 1.40 bits per heavy atom. The van der Waals surface area contributed by atoms with Crippen LogP contribution in [0.15, 0.2) is 34.8 Å². The highest BCUT2D eigenvalue weighted by Crippen LogP contribution is 2.35. The number of carbonyl (C=O) groups is 1. The van der Waals surface area contributed by atoms with Gasteiger partial charge >= 0.3 is 0 Å². The van der Waals surface area contributed by atoms with Gasteiger partial charge in [0.2, 0.25) is 0 Å². The molecular weight excluding hydrogens is 389 g/mol. The predicted octanol–water partition coefficient (Wildman–Crippen LogP) is 4.24. The third kappa shape index (κ3) is 3.95. The fourth-order valence-corrected chi connectivity index (χ4v) is 3.21. The van der Waals surface area contributed by atoms with Gasteiger partial charge in [-0.1, -0.05) is 15.9 Å². The lowest BCUT2D eigenvalue weighted by molar-refractivity contribution is 0.0946. The maximum absolute atomic E-state index is 13.8. The molecule has 0 bridgehead atoms. The number of carbonyl (C=O) groups excluding carboxylic acids is 1. The van der Waals surface area contributed by atoms with Crippen LogP contribution in [0, 0.1) is 5.82 Å². The van der Waals surface area contributed by atoms with Crippen molar-refractivity contribution >= 4 is 21.8 Å². The summed E-state index contributed by atoms with van der Waals surface area (Å²) in [7, 11) is 0. The number of fused-ring (bicyclic) bond motifs is 1. The van der Waals surface area contributed by atoms with Crippen LogP contribution >= 0.6 is 15.9 Å². The SMILES string of the molecule is CCOc1cc2c(cc1CNC(=O)c1cc(Br)ccc1F)O[C@H](C)C2. The molecule has 0 unspecified atom stereocenters. The molecule has 0 aromatic heterocycles. The normalized spacial score (nSPS) is 15.4. The van der Waals surface area contributed by atoms with Crippen molar-refractivity contribution in [2.45, 2.75) is 32.9 Å². The highest BCUT2D eigenvalue weighted by molar-refractivity contribution is 9.10. The van der Waals surface area contributed by atoms with Gasteiger partial charge in [0.1, 0.15) is 23.4 Å². The van der Waals surface area contributed by atoms with E-state index in [1.807, 2.05) is 26.0 Å². The molecule has 25 heavy (non-hydrogen) atoms. The summed E-state index contributed by atoms with van der Waals surface area (Å²) in [5.41, 5.74) is 1.90.